The number of aromatic nitrogens is 1. The standard InChI is InChI=1S/C16H16N2O5S2/c1-3-23-15(20)7-12-8-24-16(17-12)25-9-14(19)11-5-4-10(2)13(6-11)18(21)22/h4-6,8H,3,7,9H2,1-2H3. The number of aryl methyl sites for hydroxylation is 1. The van der Waals surface area contributed by atoms with Gasteiger partial charge in [-0.2, -0.15) is 0 Å². The fourth-order valence-corrected chi connectivity index (χ4v) is 3.73. The Morgan fingerprint density at radius 1 is 1.40 bits per heavy atom. The first-order valence-corrected chi connectivity index (χ1v) is 9.28. The molecule has 0 radical (unpaired) electrons. The number of carbonyl (C=O) groups is 2. The van der Waals surface area contributed by atoms with Crippen molar-refractivity contribution >= 4 is 40.5 Å². The third kappa shape index (κ3) is 5.36. The van der Waals surface area contributed by atoms with Crippen molar-refractivity contribution in [2.24, 2.45) is 0 Å². The maximum Gasteiger partial charge on any atom is 0.311 e. The molecule has 0 bridgehead atoms. The molecule has 9 heteroatoms. The van der Waals surface area contributed by atoms with E-state index in [1.54, 1.807) is 31.4 Å². The van der Waals surface area contributed by atoms with Gasteiger partial charge in [-0.1, -0.05) is 23.9 Å². The van der Waals surface area contributed by atoms with E-state index in [4.69, 9.17) is 4.74 Å². The minimum atomic E-state index is -0.498. The lowest BCUT2D eigenvalue weighted by molar-refractivity contribution is -0.385. The first-order valence-electron chi connectivity index (χ1n) is 7.41. The zero-order valence-electron chi connectivity index (χ0n) is 13.7. The monoisotopic (exact) mass is 380 g/mol. The summed E-state index contributed by atoms with van der Waals surface area (Å²) in [5, 5.41) is 12.7. The number of hydrogen-bond donors (Lipinski definition) is 0. The molecule has 2 aromatic rings. The molecule has 2 rings (SSSR count). The number of thioether (sulfide) groups is 1. The van der Waals surface area contributed by atoms with Gasteiger partial charge in [-0.3, -0.25) is 19.7 Å². The van der Waals surface area contributed by atoms with Crippen molar-refractivity contribution in [3.05, 3.63) is 50.5 Å². The van der Waals surface area contributed by atoms with Gasteiger partial charge in [-0.25, -0.2) is 4.98 Å². The molecule has 132 valence electrons. The SMILES string of the molecule is CCOC(=O)Cc1csc(SCC(=O)c2ccc(C)c([N+](=O)[O-])c2)n1. The van der Waals surface area contributed by atoms with E-state index >= 15 is 0 Å². The summed E-state index contributed by atoms with van der Waals surface area (Å²) in [5.41, 5.74) is 1.34. The van der Waals surface area contributed by atoms with Crippen LogP contribution >= 0.6 is 23.1 Å². The van der Waals surface area contributed by atoms with E-state index < -0.39 is 4.92 Å². The number of carbonyl (C=O) groups excluding carboxylic acids is 2. The van der Waals surface area contributed by atoms with Crippen LogP contribution in [0.1, 0.15) is 28.5 Å². The van der Waals surface area contributed by atoms with Gasteiger partial charge in [-0.15, -0.1) is 11.3 Å². The molecule has 0 fully saturated rings. The number of benzene rings is 1. The van der Waals surface area contributed by atoms with E-state index in [2.05, 4.69) is 4.98 Å². The van der Waals surface area contributed by atoms with Crippen LogP contribution < -0.4 is 0 Å². The van der Waals surface area contributed by atoms with Crippen LogP contribution in [-0.2, 0) is 16.0 Å². The van der Waals surface area contributed by atoms with Crippen molar-refractivity contribution in [3.8, 4) is 0 Å². The number of hydrogen-bond acceptors (Lipinski definition) is 8. The number of thiazole rings is 1. The van der Waals surface area contributed by atoms with Crippen molar-refractivity contribution in [3.63, 3.8) is 0 Å². The maximum atomic E-state index is 12.2. The Labute approximate surface area is 152 Å². The molecular formula is C16H16N2O5S2. The Bertz CT molecular complexity index is 804. The fourth-order valence-electron chi connectivity index (χ4n) is 1.99. The highest BCUT2D eigenvalue weighted by atomic mass is 32.2. The molecule has 0 unspecified atom stereocenters. The number of esters is 1. The number of rotatable bonds is 8. The second kappa shape index (κ2) is 8.72. The third-order valence-electron chi connectivity index (χ3n) is 3.22. The highest BCUT2D eigenvalue weighted by Crippen LogP contribution is 2.25. The maximum absolute atomic E-state index is 12.2. The molecule has 0 aliphatic heterocycles. The van der Waals surface area contributed by atoms with Crippen molar-refractivity contribution in [2.45, 2.75) is 24.6 Å². The first-order chi connectivity index (χ1) is 11.9. The van der Waals surface area contributed by atoms with Gasteiger partial charge in [0.1, 0.15) is 0 Å². The Kier molecular flexibility index (Phi) is 6.65. The van der Waals surface area contributed by atoms with Gasteiger partial charge < -0.3 is 4.74 Å². The molecule has 1 aromatic heterocycles. The largest absolute Gasteiger partial charge is 0.466 e. The average molecular weight is 380 g/mol. The summed E-state index contributed by atoms with van der Waals surface area (Å²) < 4.78 is 5.52. The lowest BCUT2D eigenvalue weighted by Crippen LogP contribution is -2.07. The Morgan fingerprint density at radius 2 is 2.16 bits per heavy atom. The van der Waals surface area contributed by atoms with Crippen LogP contribution in [0.25, 0.3) is 0 Å². The van der Waals surface area contributed by atoms with Crippen LogP contribution in [0.15, 0.2) is 27.9 Å². The van der Waals surface area contributed by atoms with Crippen LogP contribution in [0, 0.1) is 17.0 Å². The van der Waals surface area contributed by atoms with Crippen molar-refractivity contribution in [2.75, 3.05) is 12.4 Å². The number of nitrogens with zero attached hydrogens (tertiary/aromatic N) is 2. The van der Waals surface area contributed by atoms with E-state index in [1.165, 1.54) is 29.2 Å². The van der Waals surface area contributed by atoms with Crippen LogP contribution in [-0.4, -0.2) is 34.0 Å². The summed E-state index contributed by atoms with van der Waals surface area (Å²) in [5.74, 6) is -0.435. The molecule has 0 spiro atoms. The van der Waals surface area contributed by atoms with Gasteiger partial charge in [0.15, 0.2) is 10.1 Å². The summed E-state index contributed by atoms with van der Waals surface area (Å²) in [6.45, 7) is 3.69. The summed E-state index contributed by atoms with van der Waals surface area (Å²) >= 11 is 2.58. The Balaban J connectivity index is 1.96. The van der Waals surface area contributed by atoms with E-state index in [9.17, 15) is 19.7 Å². The Hall–Kier alpha value is -2.26. The first kappa shape index (κ1) is 19.1. The quantitative estimate of drug-likeness (QED) is 0.227. The molecule has 0 N–H and O–H groups in total. The van der Waals surface area contributed by atoms with Crippen molar-refractivity contribution < 1.29 is 19.2 Å². The van der Waals surface area contributed by atoms with E-state index in [-0.39, 0.29) is 29.6 Å². The molecule has 0 saturated heterocycles. The predicted molar refractivity (Wildman–Crippen MR) is 95.3 cm³/mol. The second-order valence-electron chi connectivity index (χ2n) is 5.06. The highest BCUT2D eigenvalue weighted by Gasteiger charge is 2.16. The summed E-state index contributed by atoms with van der Waals surface area (Å²) in [7, 11) is 0. The smallest absolute Gasteiger partial charge is 0.311 e. The van der Waals surface area contributed by atoms with E-state index in [0.717, 1.165) is 0 Å². The van der Waals surface area contributed by atoms with Gasteiger partial charge in [0, 0.05) is 22.6 Å². The number of Topliss-reactive ketones (excluding diaryl/α,β-unsaturated/α-hetero) is 1. The van der Waals surface area contributed by atoms with Crippen LogP contribution in [0.4, 0.5) is 5.69 Å². The Morgan fingerprint density at radius 3 is 2.84 bits per heavy atom. The van der Waals surface area contributed by atoms with Crippen molar-refractivity contribution in [1.82, 2.24) is 4.98 Å². The van der Waals surface area contributed by atoms with E-state index in [1.807, 2.05) is 0 Å². The molecule has 0 amide bonds. The number of ketones is 1. The van der Waals surface area contributed by atoms with Gasteiger partial charge in [0.25, 0.3) is 5.69 Å². The average Bonchev–Trinajstić information content (AvgIpc) is 3.00. The molecule has 0 aliphatic rings. The molecule has 1 aromatic carbocycles. The predicted octanol–water partition coefficient (Wildman–Crippen LogP) is 3.44. The molecule has 0 aliphatic carbocycles. The summed E-state index contributed by atoms with van der Waals surface area (Å²) in [6, 6.07) is 4.45. The van der Waals surface area contributed by atoms with Crippen molar-refractivity contribution in [1.29, 1.82) is 0 Å². The van der Waals surface area contributed by atoms with Crippen LogP contribution in [0.3, 0.4) is 0 Å². The number of ether oxygens (including phenoxy) is 1. The second-order valence-corrected chi connectivity index (χ2v) is 7.14. The molecule has 1 heterocycles. The fraction of sp³-hybridized carbons (Fsp3) is 0.312. The number of nitro groups is 1. The molecule has 25 heavy (non-hydrogen) atoms. The highest BCUT2D eigenvalue weighted by molar-refractivity contribution is 8.01. The summed E-state index contributed by atoms with van der Waals surface area (Å²) in [4.78, 5) is 38.4. The number of nitro benzene ring substituents is 1. The minimum Gasteiger partial charge on any atom is -0.466 e. The van der Waals surface area contributed by atoms with Crippen LogP contribution in [0.5, 0.6) is 0 Å². The topological polar surface area (TPSA) is 99.4 Å². The molecule has 7 nitrogen and oxygen atoms in total. The van der Waals surface area contributed by atoms with E-state index in [0.29, 0.717) is 27.8 Å². The van der Waals surface area contributed by atoms with Crippen LogP contribution in [0.2, 0.25) is 0 Å². The lowest BCUT2D eigenvalue weighted by atomic mass is 10.1. The third-order valence-corrected chi connectivity index (χ3v) is 5.29. The zero-order chi connectivity index (χ0) is 18.4. The van der Waals surface area contributed by atoms with Gasteiger partial charge in [-0.05, 0) is 13.8 Å². The normalized spacial score (nSPS) is 10.5. The molecule has 0 saturated carbocycles. The molecular weight excluding hydrogens is 364 g/mol. The lowest BCUT2D eigenvalue weighted by Gasteiger charge is -2.02. The van der Waals surface area contributed by atoms with Gasteiger partial charge >= 0.3 is 5.97 Å². The zero-order valence-corrected chi connectivity index (χ0v) is 15.3. The van der Waals surface area contributed by atoms with Gasteiger partial charge in [0.05, 0.1) is 29.4 Å². The summed E-state index contributed by atoms with van der Waals surface area (Å²) in [6.07, 6.45) is 0.100. The molecule has 0 atom stereocenters. The van der Waals surface area contributed by atoms with Gasteiger partial charge in [0.2, 0.25) is 0 Å². The minimum absolute atomic E-state index is 0.0678.